The number of benzene rings is 1. The second-order valence-corrected chi connectivity index (χ2v) is 29.7. The van der Waals surface area contributed by atoms with E-state index in [-0.39, 0.29) is 16.3 Å². The third kappa shape index (κ3) is 7.39. The molecule has 12 heteroatoms. The summed E-state index contributed by atoms with van der Waals surface area (Å²) in [5, 5.41) is 21.1. The number of hydrogen-bond donors (Lipinski definition) is 1. The Morgan fingerprint density at radius 1 is 1.08 bits per heavy atom. The maximum Gasteiger partial charge on any atom is 0.337 e. The van der Waals surface area contributed by atoms with Gasteiger partial charge in [0.25, 0.3) is 5.69 Å². The molecule has 0 spiro atoms. The van der Waals surface area contributed by atoms with Crippen molar-refractivity contribution >= 4 is 79.8 Å². The van der Waals surface area contributed by atoms with Gasteiger partial charge in [0.2, 0.25) is 0 Å². The van der Waals surface area contributed by atoms with Crippen LogP contribution < -0.4 is 0 Å². The van der Waals surface area contributed by atoms with E-state index in [1.807, 2.05) is 0 Å². The Morgan fingerprint density at radius 2 is 1.52 bits per heavy atom. The van der Waals surface area contributed by atoms with Gasteiger partial charge in [-0.25, -0.2) is 4.79 Å². The summed E-state index contributed by atoms with van der Waals surface area (Å²) in [4.78, 5) is 23.2. The molecule has 140 valence electrons. The van der Waals surface area contributed by atoms with Crippen LogP contribution in [0, 0.1) is 10.1 Å². The van der Waals surface area contributed by atoms with Crippen LogP contribution in [0.3, 0.4) is 0 Å². The van der Waals surface area contributed by atoms with E-state index >= 15 is 0 Å². The Labute approximate surface area is 169 Å². The first-order valence-corrected chi connectivity index (χ1v) is 20.3. The van der Waals surface area contributed by atoms with Crippen LogP contribution >= 0.6 is 53.7 Å². The van der Waals surface area contributed by atoms with Crippen molar-refractivity contribution in [2.45, 2.75) is 49.1 Å². The van der Waals surface area contributed by atoms with E-state index in [1.54, 1.807) is 20.5 Å². The van der Waals surface area contributed by atoms with Crippen LogP contribution in [-0.4, -0.2) is 30.4 Å². The minimum absolute atomic E-state index is 0.116. The lowest BCUT2D eigenvalue weighted by molar-refractivity contribution is -0.387. The third-order valence-corrected chi connectivity index (χ3v) is 20.3. The molecular formula is C13H20ClNO4S4Si2. The van der Waals surface area contributed by atoms with E-state index in [1.165, 1.54) is 21.6 Å². The maximum absolute atomic E-state index is 11.6. The molecule has 0 heterocycles. The zero-order valence-corrected chi connectivity index (χ0v) is 20.7. The van der Waals surface area contributed by atoms with Crippen molar-refractivity contribution in [3.05, 3.63) is 26.8 Å². The van der Waals surface area contributed by atoms with Crippen molar-refractivity contribution in [1.29, 1.82) is 0 Å². The van der Waals surface area contributed by atoms with E-state index < -0.39 is 25.3 Å². The normalized spacial score (nSPS) is 12.3. The van der Waals surface area contributed by atoms with Crippen LogP contribution in [-0.2, 0) is 0 Å². The number of halogens is 1. The summed E-state index contributed by atoms with van der Waals surface area (Å²) in [6.07, 6.45) is 0. The smallest absolute Gasteiger partial charge is 0.337 e. The summed E-state index contributed by atoms with van der Waals surface area (Å²) < 4.78 is 0. The van der Waals surface area contributed by atoms with Crippen molar-refractivity contribution in [2.75, 3.05) is 0 Å². The molecule has 1 N–H and O–H groups in total. The number of aromatic carboxylic acids is 1. The van der Waals surface area contributed by atoms with Crippen LogP contribution in [0.5, 0.6) is 0 Å². The van der Waals surface area contributed by atoms with Gasteiger partial charge in [0.1, 0.15) is 19.3 Å². The molecule has 0 fully saturated rings. The summed E-state index contributed by atoms with van der Waals surface area (Å²) >= 11 is 6.46. The molecule has 0 aliphatic carbocycles. The Hall–Kier alpha value is 0.214. The first-order valence-electron chi connectivity index (χ1n) is 7.18. The molecular weight excluding hydrogens is 454 g/mol. The van der Waals surface area contributed by atoms with Gasteiger partial charge in [0.15, 0.2) is 0 Å². The van der Waals surface area contributed by atoms with E-state index in [0.717, 1.165) is 6.07 Å². The minimum Gasteiger partial charge on any atom is -0.478 e. The van der Waals surface area contributed by atoms with E-state index in [4.69, 9.17) is 11.6 Å². The minimum atomic E-state index is -1.54. The van der Waals surface area contributed by atoms with Gasteiger partial charge >= 0.3 is 5.97 Å². The molecule has 5 nitrogen and oxygen atoms in total. The number of nitro groups is 1. The van der Waals surface area contributed by atoms with E-state index in [0.29, 0.717) is 9.79 Å². The van der Waals surface area contributed by atoms with Crippen LogP contribution in [0.2, 0.25) is 44.3 Å². The fourth-order valence-electron chi connectivity index (χ4n) is 1.39. The monoisotopic (exact) mass is 473 g/mol. The Morgan fingerprint density at radius 3 is 1.88 bits per heavy atom. The number of carboxylic acid groups (broad SMARTS) is 1. The van der Waals surface area contributed by atoms with Gasteiger partial charge in [-0.05, 0) is 0 Å². The van der Waals surface area contributed by atoms with Crippen LogP contribution in [0.1, 0.15) is 10.4 Å². The average molecular weight is 474 g/mol. The molecule has 1 rings (SSSR count). The van der Waals surface area contributed by atoms with Crippen molar-refractivity contribution in [1.82, 2.24) is 0 Å². The molecule has 25 heavy (non-hydrogen) atoms. The highest BCUT2D eigenvalue weighted by molar-refractivity contribution is 8.88. The first kappa shape index (κ1) is 23.3. The fraction of sp³-hybridized carbons (Fsp3) is 0.462. The summed E-state index contributed by atoms with van der Waals surface area (Å²) in [6.45, 7) is 12.8. The van der Waals surface area contributed by atoms with Gasteiger partial charge in [0.05, 0.1) is 20.4 Å². The molecule has 1 aromatic rings. The number of nitrogens with zero attached hydrogens (tertiary/aromatic N) is 1. The van der Waals surface area contributed by atoms with Gasteiger partial charge in [-0.15, -0.1) is 20.5 Å². The molecule has 0 saturated carbocycles. The highest BCUT2D eigenvalue weighted by atomic mass is 35.5. The topological polar surface area (TPSA) is 80.4 Å². The number of rotatable bonds is 8. The lowest BCUT2D eigenvalue weighted by Crippen LogP contribution is -2.12. The summed E-state index contributed by atoms with van der Waals surface area (Å²) in [5.74, 6) is -1.21. The van der Waals surface area contributed by atoms with Gasteiger partial charge in [0, 0.05) is 6.07 Å². The van der Waals surface area contributed by atoms with E-state index in [9.17, 15) is 20.0 Å². The van der Waals surface area contributed by atoms with Crippen molar-refractivity contribution in [2.24, 2.45) is 0 Å². The summed E-state index contributed by atoms with van der Waals surface area (Å²) in [5.41, 5.74) is -0.365. The average Bonchev–Trinajstić information content (AvgIpc) is 2.41. The molecule has 0 aromatic heterocycles. The van der Waals surface area contributed by atoms with Gasteiger partial charge in [-0.3, -0.25) is 10.1 Å². The third-order valence-electron chi connectivity index (χ3n) is 2.33. The highest BCUT2D eigenvalue weighted by Gasteiger charge is 2.30. The molecule has 0 bridgehead atoms. The standard InChI is InChI=1S/C13H20ClNO4S4Si2/c1-24(2,3)22-20-11-8(13(16)17)7-9(15(18)19)12(10(11)14)21-23-25(4,5)6/h7H,1-6H3,(H,16,17). The second-order valence-electron chi connectivity index (χ2n) is 7.04. The molecule has 0 radical (unpaired) electrons. The molecule has 0 saturated heterocycles. The lowest BCUT2D eigenvalue weighted by atomic mass is 10.2. The van der Waals surface area contributed by atoms with Crippen LogP contribution in [0.15, 0.2) is 15.9 Å². The largest absolute Gasteiger partial charge is 0.478 e. The quantitative estimate of drug-likeness (QED) is 0.185. The first-order chi connectivity index (χ1) is 11.2. The zero-order chi connectivity index (χ0) is 19.6. The molecule has 1 aromatic carbocycles. The van der Waals surface area contributed by atoms with Gasteiger partial charge < -0.3 is 5.11 Å². The van der Waals surface area contributed by atoms with Crippen molar-refractivity contribution < 1.29 is 14.8 Å². The SMILES string of the molecule is C[Si](C)(C)SSc1c(C(=O)O)cc([N+](=O)[O-])c(SS[Si](C)(C)C)c1Cl. The number of nitro benzene ring substituents is 1. The number of carboxylic acids is 1. The van der Waals surface area contributed by atoms with Crippen molar-refractivity contribution in [3.8, 4) is 0 Å². The predicted octanol–water partition coefficient (Wildman–Crippen LogP) is 7.10. The second kappa shape index (κ2) is 8.94. The Balaban J connectivity index is 3.47. The highest BCUT2D eigenvalue weighted by Crippen LogP contribution is 2.52. The number of hydrogen-bond acceptors (Lipinski definition) is 7. The van der Waals surface area contributed by atoms with Gasteiger partial charge in [-0.2, -0.15) is 0 Å². The van der Waals surface area contributed by atoms with Crippen LogP contribution in [0.25, 0.3) is 0 Å². The molecule has 0 aliphatic rings. The Kier molecular flexibility index (Phi) is 8.31. The Bertz CT molecular complexity index is 638. The summed E-state index contributed by atoms with van der Waals surface area (Å²) in [7, 11) is 2.71. The predicted molar refractivity (Wildman–Crippen MR) is 119 cm³/mol. The molecule has 0 unspecified atom stereocenters. The zero-order valence-electron chi connectivity index (χ0n) is 14.7. The maximum atomic E-state index is 11.6. The van der Waals surface area contributed by atoms with E-state index in [2.05, 4.69) is 39.3 Å². The fourth-order valence-corrected chi connectivity index (χ4v) is 12.7. The summed E-state index contributed by atoms with van der Waals surface area (Å²) in [6, 6.07) is 1.13. The van der Waals surface area contributed by atoms with Crippen molar-refractivity contribution in [3.63, 3.8) is 0 Å². The molecule has 0 amide bonds. The van der Waals surface area contributed by atoms with Crippen LogP contribution in [0.4, 0.5) is 5.69 Å². The number of carbonyl (C=O) groups is 1. The molecule has 0 atom stereocenters. The van der Waals surface area contributed by atoms with Gasteiger partial charge in [-0.1, -0.05) is 72.5 Å². The lowest BCUT2D eigenvalue weighted by Gasteiger charge is -2.18. The molecule has 0 aliphatic heterocycles.